The first-order valence-corrected chi connectivity index (χ1v) is 7.71. The number of nitrogens with zero attached hydrogens (tertiary/aromatic N) is 2. The summed E-state index contributed by atoms with van der Waals surface area (Å²) in [6.45, 7) is 10.4. The third kappa shape index (κ3) is 3.44. The molecule has 0 fully saturated rings. The fourth-order valence-electron chi connectivity index (χ4n) is 2.09. The molecule has 0 radical (unpaired) electrons. The molecule has 2 rings (SSSR count). The molecule has 2 aromatic heterocycles. The number of aromatic nitrogens is 2. The van der Waals surface area contributed by atoms with Gasteiger partial charge in [0, 0.05) is 23.4 Å². The van der Waals surface area contributed by atoms with E-state index in [9.17, 15) is 5.11 Å². The standard InChI is InChI=1S/C16H22N2OS/c1-10-6-11(2)15(17-8-10)12(19)7-14-18-13(9-20-14)16(3,4)5/h6,8-9,12,19H,7H2,1-5H3. The molecule has 0 aliphatic rings. The minimum Gasteiger partial charge on any atom is -0.386 e. The number of hydrogen-bond donors (Lipinski definition) is 1. The zero-order valence-electron chi connectivity index (χ0n) is 12.8. The predicted molar refractivity (Wildman–Crippen MR) is 83.2 cm³/mol. The smallest absolute Gasteiger partial charge is 0.103 e. The fraction of sp³-hybridized carbons (Fsp3) is 0.500. The van der Waals surface area contributed by atoms with Crippen LogP contribution in [0.1, 0.15) is 54.4 Å². The summed E-state index contributed by atoms with van der Waals surface area (Å²) in [5, 5.41) is 13.4. The Morgan fingerprint density at radius 3 is 2.55 bits per heavy atom. The van der Waals surface area contributed by atoms with Crippen LogP contribution in [0.5, 0.6) is 0 Å². The van der Waals surface area contributed by atoms with Gasteiger partial charge in [-0.05, 0) is 25.0 Å². The van der Waals surface area contributed by atoms with Crippen molar-refractivity contribution < 1.29 is 5.11 Å². The summed E-state index contributed by atoms with van der Waals surface area (Å²) in [6.07, 6.45) is 1.74. The Bertz CT molecular complexity index is 599. The largest absolute Gasteiger partial charge is 0.386 e. The van der Waals surface area contributed by atoms with E-state index < -0.39 is 6.10 Å². The van der Waals surface area contributed by atoms with Crippen LogP contribution >= 0.6 is 11.3 Å². The third-order valence-corrected chi connectivity index (χ3v) is 4.13. The first-order valence-electron chi connectivity index (χ1n) is 6.83. The van der Waals surface area contributed by atoms with Gasteiger partial charge in [-0.2, -0.15) is 0 Å². The highest BCUT2D eigenvalue weighted by molar-refractivity contribution is 7.09. The Morgan fingerprint density at radius 2 is 2.00 bits per heavy atom. The number of pyridine rings is 1. The van der Waals surface area contributed by atoms with Crippen LogP contribution in [0, 0.1) is 13.8 Å². The molecular weight excluding hydrogens is 268 g/mol. The molecule has 2 aromatic rings. The zero-order chi connectivity index (χ0) is 14.9. The van der Waals surface area contributed by atoms with E-state index in [1.165, 1.54) is 0 Å². The van der Waals surface area contributed by atoms with Gasteiger partial charge in [0.15, 0.2) is 0 Å². The normalized spacial score (nSPS) is 13.5. The van der Waals surface area contributed by atoms with Crippen molar-refractivity contribution >= 4 is 11.3 Å². The molecule has 0 saturated carbocycles. The monoisotopic (exact) mass is 290 g/mol. The van der Waals surface area contributed by atoms with Gasteiger partial charge in [0.05, 0.1) is 16.4 Å². The molecule has 1 unspecified atom stereocenters. The van der Waals surface area contributed by atoms with E-state index in [1.807, 2.05) is 19.9 Å². The number of hydrogen-bond acceptors (Lipinski definition) is 4. The van der Waals surface area contributed by atoms with Crippen molar-refractivity contribution in [1.82, 2.24) is 9.97 Å². The summed E-state index contributed by atoms with van der Waals surface area (Å²) < 4.78 is 0. The number of rotatable bonds is 3. The van der Waals surface area contributed by atoms with Gasteiger partial charge in [0.25, 0.3) is 0 Å². The molecule has 0 spiro atoms. The van der Waals surface area contributed by atoms with Crippen molar-refractivity contribution in [3.05, 3.63) is 45.2 Å². The molecule has 1 N–H and O–H groups in total. The van der Waals surface area contributed by atoms with Gasteiger partial charge in [-0.1, -0.05) is 26.8 Å². The molecule has 3 nitrogen and oxygen atoms in total. The van der Waals surface area contributed by atoms with Crippen molar-refractivity contribution in [1.29, 1.82) is 0 Å². The van der Waals surface area contributed by atoms with E-state index in [2.05, 4.69) is 36.1 Å². The van der Waals surface area contributed by atoms with Gasteiger partial charge in [0.1, 0.15) is 6.10 Å². The summed E-state index contributed by atoms with van der Waals surface area (Å²) in [4.78, 5) is 8.98. The molecule has 0 bridgehead atoms. The quantitative estimate of drug-likeness (QED) is 0.937. The van der Waals surface area contributed by atoms with Crippen LogP contribution in [0.15, 0.2) is 17.6 Å². The lowest BCUT2D eigenvalue weighted by molar-refractivity contribution is 0.172. The molecular formula is C16H22N2OS. The highest BCUT2D eigenvalue weighted by Crippen LogP contribution is 2.27. The van der Waals surface area contributed by atoms with Gasteiger partial charge in [0.2, 0.25) is 0 Å². The van der Waals surface area contributed by atoms with Gasteiger partial charge in [-0.25, -0.2) is 4.98 Å². The van der Waals surface area contributed by atoms with Crippen LogP contribution in [0.25, 0.3) is 0 Å². The van der Waals surface area contributed by atoms with Crippen molar-refractivity contribution in [3.63, 3.8) is 0 Å². The van der Waals surface area contributed by atoms with Gasteiger partial charge >= 0.3 is 0 Å². The Balaban J connectivity index is 2.15. The van der Waals surface area contributed by atoms with Crippen LogP contribution in [0.2, 0.25) is 0 Å². The van der Waals surface area contributed by atoms with Crippen LogP contribution in [-0.2, 0) is 11.8 Å². The lowest BCUT2D eigenvalue weighted by atomic mass is 9.93. The number of aliphatic hydroxyl groups is 1. The van der Waals surface area contributed by atoms with E-state index in [1.54, 1.807) is 17.5 Å². The Morgan fingerprint density at radius 1 is 1.30 bits per heavy atom. The summed E-state index contributed by atoms with van der Waals surface area (Å²) in [5.74, 6) is 0. The van der Waals surface area contributed by atoms with Gasteiger partial charge < -0.3 is 5.11 Å². The fourth-order valence-corrected chi connectivity index (χ4v) is 3.15. The molecule has 0 amide bonds. The van der Waals surface area contributed by atoms with Crippen molar-refractivity contribution in [2.75, 3.05) is 0 Å². The van der Waals surface area contributed by atoms with Crippen molar-refractivity contribution in [2.24, 2.45) is 0 Å². The third-order valence-electron chi connectivity index (χ3n) is 3.26. The molecule has 1 atom stereocenters. The van der Waals surface area contributed by atoms with Crippen molar-refractivity contribution in [2.45, 2.75) is 52.6 Å². The van der Waals surface area contributed by atoms with Crippen LogP contribution < -0.4 is 0 Å². The second kappa shape index (κ2) is 5.62. The van der Waals surface area contributed by atoms with Crippen LogP contribution in [0.4, 0.5) is 0 Å². The highest BCUT2D eigenvalue weighted by Gasteiger charge is 2.20. The SMILES string of the molecule is Cc1cnc(C(O)Cc2nc(C(C)(C)C)cs2)c(C)c1. The molecule has 20 heavy (non-hydrogen) atoms. The Hall–Kier alpha value is -1.26. The average molecular weight is 290 g/mol. The molecule has 108 valence electrons. The maximum absolute atomic E-state index is 10.4. The minimum absolute atomic E-state index is 0.0533. The second-order valence-corrected chi connectivity index (χ2v) is 7.25. The number of aryl methyl sites for hydroxylation is 2. The number of aliphatic hydroxyl groups excluding tert-OH is 1. The molecule has 0 aromatic carbocycles. The summed E-state index contributed by atoms with van der Waals surface area (Å²) in [6, 6.07) is 2.05. The van der Waals surface area contributed by atoms with E-state index in [4.69, 9.17) is 0 Å². The molecule has 4 heteroatoms. The molecule has 2 heterocycles. The van der Waals surface area contributed by atoms with E-state index in [0.717, 1.165) is 27.5 Å². The van der Waals surface area contributed by atoms with Crippen LogP contribution in [-0.4, -0.2) is 15.1 Å². The first kappa shape index (κ1) is 15.1. The lowest BCUT2D eigenvalue weighted by Gasteiger charge is -2.14. The van der Waals surface area contributed by atoms with E-state index in [0.29, 0.717) is 6.42 Å². The minimum atomic E-state index is -0.588. The topological polar surface area (TPSA) is 46.0 Å². The zero-order valence-corrected chi connectivity index (χ0v) is 13.6. The summed E-state index contributed by atoms with van der Waals surface area (Å²) in [7, 11) is 0. The van der Waals surface area contributed by atoms with Crippen molar-refractivity contribution in [3.8, 4) is 0 Å². The first-order chi connectivity index (χ1) is 9.27. The maximum Gasteiger partial charge on any atom is 0.103 e. The van der Waals surface area contributed by atoms with Gasteiger partial charge in [-0.3, -0.25) is 4.98 Å². The lowest BCUT2D eigenvalue weighted by Crippen LogP contribution is -2.12. The van der Waals surface area contributed by atoms with Crippen LogP contribution in [0.3, 0.4) is 0 Å². The second-order valence-electron chi connectivity index (χ2n) is 6.31. The average Bonchev–Trinajstić information content (AvgIpc) is 2.76. The Kier molecular flexibility index (Phi) is 4.25. The summed E-state index contributed by atoms with van der Waals surface area (Å²) >= 11 is 1.61. The Labute approximate surface area is 124 Å². The maximum atomic E-state index is 10.4. The van der Waals surface area contributed by atoms with E-state index in [-0.39, 0.29) is 5.41 Å². The summed E-state index contributed by atoms with van der Waals surface area (Å²) in [5.41, 5.74) is 4.03. The highest BCUT2D eigenvalue weighted by atomic mass is 32.1. The predicted octanol–water partition coefficient (Wildman–Crippen LogP) is 3.73. The molecule has 0 saturated heterocycles. The molecule has 0 aliphatic carbocycles. The van der Waals surface area contributed by atoms with Gasteiger partial charge in [-0.15, -0.1) is 11.3 Å². The number of thiazole rings is 1. The van der Waals surface area contributed by atoms with E-state index >= 15 is 0 Å². The molecule has 0 aliphatic heterocycles.